The lowest BCUT2D eigenvalue weighted by molar-refractivity contribution is -0.385. The Kier molecular flexibility index (Phi) is 4.26. The molecule has 1 aromatic carbocycles. The number of nitro groups is 1. The van der Waals surface area contributed by atoms with Crippen molar-refractivity contribution in [3.05, 3.63) is 28.3 Å². The fraction of sp³-hybridized carbons (Fsp3) is 0.300. The molecule has 6 heteroatoms. The summed E-state index contributed by atoms with van der Waals surface area (Å²) in [5, 5.41) is 10.5. The van der Waals surface area contributed by atoms with Crippen molar-refractivity contribution in [2.45, 2.75) is 6.42 Å². The highest BCUT2D eigenvalue weighted by Crippen LogP contribution is 2.30. The van der Waals surface area contributed by atoms with Crippen molar-refractivity contribution in [2.24, 2.45) is 0 Å². The van der Waals surface area contributed by atoms with Gasteiger partial charge < -0.3 is 14.3 Å². The number of methoxy groups -OCH3 is 1. The molecule has 16 heavy (non-hydrogen) atoms. The minimum absolute atomic E-state index is 0.0698. The van der Waals surface area contributed by atoms with E-state index in [9.17, 15) is 14.9 Å². The first kappa shape index (κ1) is 12.0. The van der Waals surface area contributed by atoms with Gasteiger partial charge in [-0.1, -0.05) is 0 Å². The molecule has 0 amide bonds. The second kappa shape index (κ2) is 5.69. The Bertz CT molecular complexity index is 391. The molecule has 0 aliphatic rings. The molecule has 0 bridgehead atoms. The zero-order chi connectivity index (χ0) is 12.0. The molecule has 0 unspecified atom stereocenters. The SMILES string of the molecule is COc1cc([N+](=O)[O-])ccc1OCCC=O. The molecule has 0 aliphatic carbocycles. The summed E-state index contributed by atoms with van der Waals surface area (Å²) in [6, 6.07) is 4.04. The molecular weight excluding hydrogens is 214 g/mol. The van der Waals surface area contributed by atoms with E-state index in [-0.39, 0.29) is 24.5 Å². The number of nitrogens with zero attached hydrogens (tertiary/aromatic N) is 1. The van der Waals surface area contributed by atoms with Gasteiger partial charge in [0.2, 0.25) is 0 Å². The average Bonchev–Trinajstić information content (AvgIpc) is 2.29. The maximum absolute atomic E-state index is 10.5. The van der Waals surface area contributed by atoms with Crippen LogP contribution in [-0.4, -0.2) is 24.9 Å². The predicted molar refractivity (Wildman–Crippen MR) is 55.8 cm³/mol. The maximum atomic E-state index is 10.5. The smallest absolute Gasteiger partial charge is 0.273 e. The van der Waals surface area contributed by atoms with Crippen LogP contribution in [0.5, 0.6) is 11.5 Å². The summed E-state index contributed by atoms with van der Waals surface area (Å²) in [6.45, 7) is 0.220. The van der Waals surface area contributed by atoms with Crippen LogP contribution in [0.2, 0.25) is 0 Å². The zero-order valence-electron chi connectivity index (χ0n) is 8.71. The van der Waals surface area contributed by atoms with Crippen molar-refractivity contribution in [3.63, 3.8) is 0 Å². The molecule has 0 aliphatic heterocycles. The van der Waals surface area contributed by atoms with Crippen molar-refractivity contribution in [1.29, 1.82) is 0 Å². The van der Waals surface area contributed by atoms with Gasteiger partial charge in [0, 0.05) is 12.5 Å². The van der Waals surface area contributed by atoms with Crippen LogP contribution in [0.1, 0.15) is 6.42 Å². The van der Waals surface area contributed by atoms with E-state index in [0.717, 1.165) is 6.29 Å². The van der Waals surface area contributed by atoms with E-state index in [1.165, 1.54) is 25.3 Å². The summed E-state index contributed by atoms with van der Waals surface area (Å²) in [6.07, 6.45) is 0.998. The minimum Gasteiger partial charge on any atom is -0.493 e. The molecule has 0 fully saturated rings. The first-order valence-corrected chi connectivity index (χ1v) is 4.58. The van der Waals surface area contributed by atoms with Gasteiger partial charge in [-0.2, -0.15) is 0 Å². The number of ether oxygens (including phenoxy) is 2. The van der Waals surface area contributed by atoms with Crippen LogP contribution in [0.15, 0.2) is 18.2 Å². The Morgan fingerprint density at radius 1 is 1.44 bits per heavy atom. The highest BCUT2D eigenvalue weighted by Gasteiger charge is 2.11. The van der Waals surface area contributed by atoms with Crippen LogP contribution in [0.25, 0.3) is 0 Å². The van der Waals surface area contributed by atoms with Gasteiger partial charge in [-0.25, -0.2) is 0 Å². The molecule has 1 rings (SSSR count). The first-order valence-electron chi connectivity index (χ1n) is 4.58. The van der Waals surface area contributed by atoms with Crippen LogP contribution in [0, 0.1) is 10.1 Å². The van der Waals surface area contributed by atoms with Crippen molar-refractivity contribution >= 4 is 12.0 Å². The quantitative estimate of drug-likeness (QED) is 0.318. The lowest BCUT2D eigenvalue weighted by Crippen LogP contribution is -2.00. The van der Waals surface area contributed by atoms with Crippen LogP contribution in [0.3, 0.4) is 0 Å². The molecule has 6 nitrogen and oxygen atoms in total. The second-order valence-corrected chi connectivity index (χ2v) is 2.90. The van der Waals surface area contributed by atoms with Crippen molar-refractivity contribution in [2.75, 3.05) is 13.7 Å². The maximum Gasteiger partial charge on any atom is 0.273 e. The molecule has 0 spiro atoms. The highest BCUT2D eigenvalue weighted by atomic mass is 16.6. The first-order chi connectivity index (χ1) is 7.69. The Balaban J connectivity index is 2.84. The predicted octanol–water partition coefficient (Wildman–Crippen LogP) is 1.57. The largest absolute Gasteiger partial charge is 0.493 e. The lowest BCUT2D eigenvalue weighted by Gasteiger charge is -2.08. The number of hydrogen-bond acceptors (Lipinski definition) is 5. The number of benzene rings is 1. The number of nitro benzene ring substituents is 1. The van der Waals surface area contributed by atoms with Gasteiger partial charge in [0.1, 0.15) is 6.29 Å². The fourth-order valence-electron chi connectivity index (χ4n) is 1.11. The standard InChI is InChI=1S/C10H11NO5/c1-15-10-7-8(11(13)14)3-4-9(10)16-6-2-5-12/h3-5,7H,2,6H2,1H3. The topological polar surface area (TPSA) is 78.7 Å². The second-order valence-electron chi connectivity index (χ2n) is 2.90. The molecule has 86 valence electrons. The van der Waals surface area contributed by atoms with Gasteiger partial charge in [-0.3, -0.25) is 10.1 Å². The van der Waals surface area contributed by atoms with Gasteiger partial charge in [0.05, 0.1) is 24.7 Å². The summed E-state index contributed by atoms with van der Waals surface area (Å²) in [5.74, 6) is 0.662. The molecule has 0 saturated heterocycles. The van der Waals surface area contributed by atoms with Gasteiger partial charge >= 0.3 is 0 Å². The summed E-state index contributed by atoms with van der Waals surface area (Å²) >= 11 is 0. The molecule has 0 radical (unpaired) electrons. The molecule has 0 heterocycles. The highest BCUT2D eigenvalue weighted by molar-refractivity contribution is 5.50. The van der Waals surface area contributed by atoms with E-state index in [4.69, 9.17) is 9.47 Å². The van der Waals surface area contributed by atoms with Crippen LogP contribution in [-0.2, 0) is 4.79 Å². The van der Waals surface area contributed by atoms with Crippen LogP contribution in [0.4, 0.5) is 5.69 Å². The monoisotopic (exact) mass is 225 g/mol. The van der Waals surface area contributed by atoms with E-state index in [1.54, 1.807) is 0 Å². The third-order valence-corrected chi connectivity index (χ3v) is 1.85. The van der Waals surface area contributed by atoms with E-state index in [2.05, 4.69) is 0 Å². The number of carbonyl (C=O) groups excluding carboxylic acids is 1. The summed E-state index contributed by atoms with van der Waals surface area (Å²) in [5.41, 5.74) is -0.0698. The number of non-ortho nitro benzene ring substituents is 1. The Labute approximate surface area is 91.9 Å². The van der Waals surface area contributed by atoms with Crippen molar-refractivity contribution in [3.8, 4) is 11.5 Å². The zero-order valence-corrected chi connectivity index (χ0v) is 8.71. The molecule has 1 aromatic rings. The van der Waals surface area contributed by atoms with Crippen LogP contribution < -0.4 is 9.47 Å². The molecular formula is C10H11NO5. The van der Waals surface area contributed by atoms with Gasteiger partial charge in [-0.05, 0) is 6.07 Å². The van der Waals surface area contributed by atoms with Gasteiger partial charge in [0.25, 0.3) is 5.69 Å². The molecule has 0 atom stereocenters. The number of hydrogen-bond donors (Lipinski definition) is 0. The third kappa shape index (κ3) is 2.94. The third-order valence-electron chi connectivity index (χ3n) is 1.85. The number of rotatable bonds is 6. The van der Waals surface area contributed by atoms with E-state index < -0.39 is 4.92 Å². The normalized spacial score (nSPS) is 9.56. The molecule has 0 saturated carbocycles. The Morgan fingerprint density at radius 3 is 2.75 bits per heavy atom. The minimum atomic E-state index is -0.516. The van der Waals surface area contributed by atoms with E-state index in [0.29, 0.717) is 5.75 Å². The fourth-order valence-corrected chi connectivity index (χ4v) is 1.11. The van der Waals surface area contributed by atoms with E-state index >= 15 is 0 Å². The van der Waals surface area contributed by atoms with Crippen molar-refractivity contribution in [1.82, 2.24) is 0 Å². The van der Waals surface area contributed by atoms with Crippen molar-refractivity contribution < 1.29 is 19.2 Å². The molecule has 0 aromatic heterocycles. The Morgan fingerprint density at radius 2 is 2.19 bits per heavy atom. The summed E-state index contributed by atoms with van der Waals surface area (Å²) in [4.78, 5) is 20.1. The average molecular weight is 225 g/mol. The summed E-state index contributed by atoms with van der Waals surface area (Å²) < 4.78 is 10.2. The number of aldehydes is 1. The number of carbonyl (C=O) groups is 1. The van der Waals surface area contributed by atoms with Gasteiger partial charge in [-0.15, -0.1) is 0 Å². The summed E-state index contributed by atoms with van der Waals surface area (Å²) in [7, 11) is 1.39. The van der Waals surface area contributed by atoms with E-state index in [1.807, 2.05) is 0 Å². The van der Waals surface area contributed by atoms with Gasteiger partial charge in [0.15, 0.2) is 11.5 Å². The lowest BCUT2D eigenvalue weighted by atomic mass is 10.3. The molecule has 0 N–H and O–H groups in total. The van der Waals surface area contributed by atoms with Crippen LogP contribution >= 0.6 is 0 Å². The Hall–Kier alpha value is -2.11.